The molecular formula is C16H15ClO2S. The first kappa shape index (κ1) is 14.9. The van der Waals surface area contributed by atoms with Crippen LogP contribution in [0.5, 0.6) is 5.75 Å². The Bertz CT molecular complexity index is 653. The summed E-state index contributed by atoms with van der Waals surface area (Å²) in [6, 6.07) is 10.9. The van der Waals surface area contributed by atoms with Crippen LogP contribution in [0.1, 0.15) is 21.5 Å². The fourth-order valence-electron chi connectivity index (χ4n) is 1.73. The monoisotopic (exact) mass is 306 g/mol. The highest BCUT2D eigenvalue weighted by Crippen LogP contribution is 2.25. The van der Waals surface area contributed by atoms with Gasteiger partial charge in [-0.05, 0) is 61.6 Å². The lowest BCUT2D eigenvalue weighted by atomic mass is 10.1. The third-order valence-corrected chi connectivity index (χ3v) is 4.14. The summed E-state index contributed by atoms with van der Waals surface area (Å²) >= 11 is 7.61. The van der Waals surface area contributed by atoms with Gasteiger partial charge >= 0.3 is 5.97 Å². The van der Waals surface area contributed by atoms with Crippen molar-refractivity contribution in [2.24, 2.45) is 0 Å². The van der Waals surface area contributed by atoms with E-state index in [2.05, 4.69) is 0 Å². The maximum absolute atomic E-state index is 12.2. The van der Waals surface area contributed by atoms with Crippen molar-refractivity contribution in [2.45, 2.75) is 18.7 Å². The van der Waals surface area contributed by atoms with Crippen LogP contribution in [0.2, 0.25) is 5.02 Å². The first-order valence-electron chi connectivity index (χ1n) is 6.14. The van der Waals surface area contributed by atoms with Gasteiger partial charge in [-0.3, -0.25) is 0 Å². The molecule has 0 aromatic heterocycles. The number of hydrogen-bond acceptors (Lipinski definition) is 3. The summed E-state index contributed by atoms with van der Waals surface area (Å²) in [6.07, 6.45) is 1.95. The number of carbonyl (C=O) groups is 1. The van der Waals surface area contributed by atoms with E-state index in [-0.39, 0.29) is 0 Å². The molecule has 0 aliphatic heterocycles. The SMILES string of the molecule is CSc1ccc(Cl)c(C(=O)Oc2ccc(C)c(C)c2)c1. The molecule has 2 aromatic rings. The Morgan fingerprint density at radius 3 is 2.50 bits per heavy atom. The molecule has 0 saturated carbocycles. The molecular weight excluding hydrogens is 292 g/mol. The largest absolute Gasteiger partial charge is 0.423 e. The molecule has 20 heavy (non-hydrogen) atoms. The highest BCUT2D eigenvalue weighted by atomic mass is 35.5. The van der Waals surface area contributed by atoms with Gasteiger partial charge in [-0.1, -0.05) is 17.7 Å². The highest BCUT2D eigenvalue weighted by Gasteiger charge is 2.14. The zero-order valence-corrected chi connectivity index (χ0v) is 13.1. The van der Waals surface area contributed by atoms with Crippen LogP contribution in [0.15, 0.2) is 41.3 Å². The molecule has 2 nitrogen and oxygen atoms in total. The van der Waals surface area contributed by atoms with Crippen LogP contribution in [-0.2, 0) is 0 Å². The maximum Gasteiger partial charge on any atom is 0.345 e. The van der Waals surface area contributed by atoms with Crippen LogP contribution >= 0.6 is 23.4 Å². The lowest BCUT2D eigenvalue weighted by Gasteiger charge is -2.08. The lowest BCUT2D eigenvalue weighted by Crippen LogP contribution is -2.09. The summed E-state index contributed by atoms with van der Waals surface area (Å²) in [7, 11) is 0. The number of hydrogen-bond donors (Lipinski definition) is 0. The molecule has 0 heterocycles. The average molecular weight is 307 g/mol. The molecule has 0 aliphatic rings. The van der Waals surface area contributed by atoms with Crippen molar-refractivity contribution in [3.63, 3.8) is 0 Å². The standard InChI is InChI=1S/C16H15ClO2S/c1-10-4-5-12(8-11(10)2)19-16(18)14-9-13(20-3)6-7-15(14)17/h4-9H,1-3H3. The van der Waals surface area contributed by atoms with Gasteiger partial charge in [0, 0.05) is 4.90 Å². The van der Waals surface area contributed by atoms with E-state index in [1.807, 2.05) is 38.3 Å². The van der Waals surface area contributed by atoms with Crippen LogP contribution in [0.25, 0.3) is 0 Å². The second-order valence-electron chi connectivity index (χ2n) is 4.48. The number of carbonyl (C=O) groups excluding carboxylic acids is 1. The number of benzene rings is 2. The Labute approximate surface area is 128 Å². The predicted molar refractivity (Wildman–Crippen MR) is 84.1 cm³/mol. The number of esters is 1. The molecule has 2 aromatic carbocycles. The minimum atomic E-state index is -0.436. The van der Waals surface area contributed by atoms with E-state index in [1.54, 1.807) is 30.0 Å². The Hall–Kier alpha value is -1.45. The zero-order valence-electron chi connectivity index (χ0n) is 11.6. The number of rotatable bonds is 3. The molecule has 0 bridgehead atoms. The van der Waals surface area contributed by atoms with E-state index >= 15 is 0 Å². The molecule has 0 amide bonds. The predicted octanol–water partition coefficient (Wildman–Crippen LogP) is 4.90. The second-order valence-corrected chi connectivity index (χ2v) is 5.77. The number of aryl methyl sites for hydroxylation is 2. The van der Waals surface area contributed by atoms with Gasteiger partial charge in [-0.2, -0.15) is 0 Å². The maximum atomic E-state index is 12.2. The van der Waals surface area contributed by atoms with Gasteiger partial charge in [-0.25, -0.2) is 4.79 Å². The fourth-order valence-corrected chi connectivity index (χ4v) is 2.36. The van der Waals surface area contributed by atoms with Crippen molar-refractivity contribution in [3.05, 3.63) is 58.1 Å². The first-order valence-corrected chi connectivity index (χ1v) is 7.74. The number of ether oxygens (including phenoxy) is 1. The normalized spacial score (nSPS) is 10.4. The lowest BCUT2D eigenvalue weighted by molar-refractivity contribution is 0.0734. The van der Waals surface area contributed by atoms with E-state index in [0.29, 0.717) is 16.3 Å². The number of thioether (sulfide) groups is 1. The molecule has 2 rings (SSSR count). The summed E-state index contributed by atoms with van der Waals surface area (Å²) in [6.45, 7) is 3.99. The quantitative estimate of drug-likeness (QED) is 0.458. The van der Waals surface area contributed by atoms with E-state index in [4.69, 9.17) is 16.3 Å². The van der Waals surface area contributed by atoms with Gasteiger partial charge < -0.3 is 4.74 Å². The van der Waals surface area contributed by atoms with Crippen molar-refractivity contribution in [1.82, 2.24) is 0 Å². The van der Waals surface area contributed by atoms with Gasteiger partial charge in [0.05, 0.1) is 10.6 Å². The van der Waals surface area contributed by atoms with Gasteiger partial charge in [-0.15, -0.1) is 11.8 Å². The Morgan fingerprint density at radius 2 is 1.85 bits per heavy atom. The van der Waals surface area contributed by atoms with Crippen LogP contribution in [-0.4, -0.2) is 12.2 Å². The highest BCUT2D eigenvalue weighted by molar-refractivity contribution is 7.98. The molecule has 0 saturated heterocycles. The molecule has 0 aliphatic carbocycles. The van der Waals surface area contributed by atoms with Crippen LogP contribution in [0, 0.1) is 13.8 Å². The van der Waals surface area contributed by atoms with Crippen LogP contribution in [0.3, 0.4) is 0 Å². The van der Waals surface area contributed by atoms with Crippen molar-refractivity contribution in [1.29, 1.82) is 0 Å². The molecule has 0 fully saturated rings. The third-order valence-electron chi connectivity index (χ3n) is 3.08. The van der Waals surface area contributed by atoms with Gasteiger partial charge in [0.1, 0.15) is 5.75 Å². The molecule has 0 N–H and O–H groups in total. The van der Waals surface area contributed by atoms with Gasteiger partial charge in [0.15, 0.2) is 0 Å². The van der Waals surface area contributed by atoms with Crippen molar-refractivity contribution < 1.29 is 9.53 Å². The second kappa shape index (κ2) is 6.33. The van der Waals surface area contributed by atoms with Gasteiger partial charge in [0.25, 0.3) is 0 Å². The Morgan fingerprint density at radius 1 is 1.10 bits per heavy atom. The van der Waals surface area contributed by atoms with Crippen LogP contribution in [0.4, 0.5) is 0 Å². The summed E-state index contributed by atoms with van der Waals surface area (Å²) in [4.78, 5) is 13.2. The minimum absolute atomic E-state index is 0.386. The third kappa shape index (κ3) is 3.35. The van der Waals surface area contributed by atoms with E-state index in [1.165, 1.54) is 0 Å². The van der Waals surface area contributed by atoms with Gasteiger partial charge in [0.2, 0.25) is 0 Å². The summed E-state index contributed by atoms with van der Waals surface area (Å²) in [5.74, 6) is 0.0953. The smallest absolute Gasteiger partial charge is 0.345 e. The fraction of sp³-hybridized carbons (Fsp3) is 0.188. The zero-order chi connectivity index (χ0) is 14.7. The summed E-state index contributed by atoms with van der Waals surface area (Å²) in [5, 5.41) is 0.400. The molecule has 0 unspecified atom stereocenters. The summed E-state index contributed by atoms with van der Waals surface area (Å²) in [5.41, 5.74) is 2.63. The molecule has 104 valence electrons. The first-order chi connectivity index (χ1) is 9.51. The molecule has 4 heteroatoms. The van der Waals surface area contributed by atoms with E-state index in [0.717, 1.165) is 16.0 Å². The molecule has 0 spiro atoms. The molecule has 0 atom stereocenters. The van der Waals surface area contributed by atoms with E-state index in [9.17, 15) is 4.79 Å². The van der Waals surface area contributed by atoms with Crippen LogP contribution < -0.4 is 4.74 Å². The van der Waals surface area contributed by atoms with Crippen molar-refractivity contribution in [3.8, 4) is 5.75 Å². The summed E-state index contributed by atoms with van der Waals surface area (Å²) < 4.78 is 5.38. The topological polar surface area (TPSA) is 26.3 Å². The van der Waals surface area contributed by atoms with E-state index < -0.39 is 5.97 Å². The average Bonchev–Trinajstić information content (AvgIpc) is 2.43. The molecule has 0 radical (unpaired) electrons. The minimum Gasteiger partial charge on any atom is -0.423 e. The Balaban J connectivity index is 2.25. The van der Waals surface area contributed by atoms with Crippen molar-refractivity contribution >= 4 is 29.3 Å². The Kier molecular flexibility index (Phi) is 4.73. The number of halogens is 1. The van der Waals surface area contributed by atoms with Crippen molar-refractivity contribution in [2.75, 3.05) is 6.26 Å².